The van der Waals surface area contributed by atoms with Crippen LogP contribution in [0.5, 0.6) is 0 Å². The van der Waals surface area contributed by atoms with Crippen LogP contribution in [-0.4, -0.2) is 24.0 Å². The minimum atomic E-state index is 0.833. The van der Waals surface area contributed by atoms with Gasteiger partial charge < -0.3 is 4.90 Å². The number of likely N-dealkylation sites (tertiary alicyclic amines) is 1. The molecule has 0 atom stereocenters. The fourth-order valence-electron chi connectivity index (χ4n) is 2.04. The van der Waals surface area contributed by atoms with Gasteiger partial charge in [-0.3, -0.25) is 0 Å². The van der Waals surface area contributed by atoms with Crippen LogP contribution in [0.25, 0.3) is 0 Å². The van der Waals surface area contributed by atoms with E-state index >= 15 is 0 Å². The monoisotopic (exact) mass is 422 g/mol. The normalized spacial score (nSPS) is 21.4. The van der Waals surface area contributed by atoms with Crippen molar-refractivity contribution in [2.24, 2.45) is 5.92 Å². The van der Waals surface area contributed by atoms with Crippen LogP contribution in [0.3, 0.4) is 0 Å². The van der Waals surface area contributed by atoms with E-state index < -0.39 is 0 Å². The van der Waals surface area contributed by atoms with Gasteiger partial charge in [0.15, 0.2) is 0 Å². The molecular formula is C14H30AtN. The summed E-state index contributed by atoms with van der Waals surface area (Å²) in [5.41, 5.74) is 0. The number of hydrogen-bond donors (Lipinski definition) is 0. The minimum absolute atomic E-state index is 0.833. The number of rotatable bonds is 1. The molecule has 0 spiro atoms. The molecule has 0 aromatic rings. The predicted molar refractivity (Wildman–Crippen MR) is 69.4 cm³/mol. The number of nitrogens with zero attached hydrogens (tertiary/aromatic N) is 1. The van der Waals surface area contributed by atoms with Crippen molar-refractivity contribution in [3.05, 3.63) is 0 Å². The molecule has 2 fully saturated rings. The van der Waals surface area contributed by atoms with Gasteiger partial charge in [0.25, 0.3) is 0 Å². The summed E-state index contributed by atoms with van der Waals surface area (Å²) in [5.74, 6) is 0.833. The van der Waals surface area contributed by atoms with Crippen molar-refractivity contribution in [2.45, 2.75) is 70.0 Å². The maximum absolute atomic E-state index is 2.70. The van der Waals surface area contributed by atoms with Crippen molar-refractivity contribution in [2.75, 3.05) is 13.1 Å². The van der Waals surface area contributed by atoms with Gasteiger partial charge in [-0.1, -0.05) is 33.6 Å². The first kappa shape index (κ1) is 16.8. The molecule has 2 heteroatoms. The van der Waals surface area contributed by atoms with Gasteiger partial charge >= 0.3 is 29.4 Å². The Kier molecular flexibility index (Phi) is 11.5. The summed E-state index contributed by atoms with van der Waals surface area (Å²) in [4.78, 5) is 2.70. The average molecular weight is 422 g/mol. The van der Waals surface area contributed by atoms with Gasteiger partial charge in [-0.15, -0.1) is 0 Å². The summed E-state index contributed by atoms with van der Waals surface area (Å²) in [6, 6.07) is 1.00. The summed E-state index contributed by atoms with van der Waals surface area (Å²) < 4.78 is 2.06. The van der Waals surface area contributed by atoms with Crippen molar-refractivity contribution >= 4 is 0 Å². The predicted octanol–water partition coefficient (Wildman–Crippen LogP) is 4.27. The van der Waals surface area contributed by atoms with Gasteiger partial charge in [-0.2, -0.15) is 0 Å². The van der Waals surface area contributed by atoms with Crippen LogP contribution in [0.1, 0.15) is 59.3 Å². The van der Waals surface area contributed by atoms with Crippen LogP contribution in [0.2, 0.25) is 4.63 Å². The summed E-state index contributed by atoms with van der Waals surface area (Å²) in [6.45, 7) is 9.29. The maximum atomic E-state index is 2.70. The first-order valence-corrected chi connectivity index (χ1v) is 9.76. The summed E-state index contributed by atoms with van der Waals surface area (Å²) >= 11 is 1.72. The summed E-state index contributed by atoms with van der Waals surface area (Å²) in [7, 11) is 0. The van der Waals surface area contributed by atoms with Gasteiger partial charge in [0, 0.05) is 6.04 Å². The van der Waals surface area contributed by atoms with Crippen molar-refractivity contribution in [1.82, 2.24) is 4.90 Å². The van der Waals surface area contributed by atoms with E-state index in [1.807, 2.05) is 0 Å². The third kappa shape index (κ3) is 8.01. The molecular weight excluding hydrogens is 392 g/mol. The Morgan fingerprint density at radius 2 is 1.31 bits per heavy atom. The zero-order chi connectivity index (χ0) is 12.4. The Hall–Kier alpha value is 0.843. The second kappa shape index (κ2) is 11.0. The molecule has 2 aliphatic rings. The fourth-order valence-corrected chi connectivity index (χ4v) is 2.04. The van der Waals surface area contributed by atoms with Crippen molar-refractivity contribution in [3.63, 3.8) is 0 Å². The molecule has 0 aromatic heterocycles. The molecule has 1 nitrogen and oxygen atoms in total. The number of piperidine rings is 1. The molecule has 1 aliphatic heterocycles. The molecule has 0 aromatic carbocycles. The second-order valence-electron chi connectivity index (χ2n) is 5.41. The van der Waals surface area contributed by atoms with Gasteiger partial charge in [0.05, 0.1) is 0 Å². The molecule has 1 aliphatic carbocycles. The average Bonchev–Trinajstić information content (AvgIpc) is 2.19. The van der Waals surface area contributed by atoms with E-state index in [-0.39, 0.29) is 0 Å². The molecule has 0 unspecified atom stereocenters. The van der Waals surface area contributed by atoms with E-state index in [4.69, 9.17) is 0 Å². The second-order valence-corrected chi connectivity index (χ2v) is 5.41. The molecule has 16 heavy (non-hydrogen) atoms. The van der Waals surface area contributed by atoms with Gasteiger partial charge in [-0.05, 0) is 44.7 Å². The Bertz CT molecular complexity index is 135. The molecule has 0 radical (unpaired) electrons. The molecule has 0 bridgehead atoms. The topological polar surface area (TPSA) is 3.24 Å². The van der Waals surface area contributed by atoms with E-state index in [9.17, 15) is 0 Å². The van der Waals surface area contributed by atoms with E-state index in [0.717, 1.165) is 12.0 Å². The quantitative estimate of drug-likeness (QED) is 0.610. The van der Waals surface area contributed by atoms with Crippen molar-refractivity contribution < 1.29 is 24.7 Å². The van der Waals surface area contributed by atoms with E-state index in [2.05, 4.69) is 30.3 Å². The first-order chi connectivity index (χ1) is 7.70. The molecule has 98 valence electrons. The van der Waals surface area contributed by atoms with Gasteiger partial charge in [0.1, 0.15) is 0 Å². The molecule has 1 saturated carbocycles. The molecule has 1 heterocycles. The van der Waals surface area contributed by atoms with E-state index in [1.165, 1.54) is 51.6 Å². The number of hydrogen-bond acceptors (Lipinski definition) is 1. The third-order valence-electron chi connectivity index (χ3n) is 2.98. The zero-order valence-corrected chi connectivity index (χ0v) is 14.6. The summed E-state index contributed by atoms with van der Waals surface area (Å²) in [6.07, 6.45) is 8.84. The standard InChI is InChI=1S/C9H17N.C4H10.CH3At/c1-2-7-10(8-3-1)9-5-4-6-9;1-4(2)3;1-2/h9H,1-8H2;4H,1-3H3;1H3. The van der Waals surface area contributed by atoms with Crippen LogP contribution in [0.4, 0.5) is 0 Å². The third-order valence-corrected chi connectivity index (χ3v) is 2.98. The van der Waals surface area contributed by atoms with Crippen molar-refractivity contribution in [3.8, 4) is 0 Å². The zero-order valence-electron chi connectivity index (χ0n) is 11.6. The molecule has 1 saturated heterocycles. The molecule has 0 amide bonds. The molecule has 2 rings (SSSR count). The Morgan fingerprint density at radius 3 is 1.62 bits per heavy atom. The molecule has 0 N–H and O–H groups in total. The van der Waals surface area contributed by atoms with Crippen LogP contribution < -0.4 is 0 Å². The Morgan fingerprint density at radius 1 is 0.875 bits per heavy atom. The van der Waals surface area contributed by atoms with Crippen LogP contribution in [0, 0.1) is 30.6 Å². The van der Waals surface area contributed by atoms with Gasteiger partial charge in [-0.25, -0.2) is 0 Å². The van der Waals surface area contributed by atoms with Crippen molar-refractivity contribution in [1.29, 1.82) is 0 Å². The van der Waals surface area contributed by atoms with E-state index in [1.54, 1.807) is 24.7 Å². The van der Waals surface area contributed by atoms with E-state index in [0.29, 0.717) is 0 Å². The Balaban J connectivity index is 0.000000323. The van der Waals surface area contributed by atoms with Crippen LogP contribution in [-0.2, 0) is 0 Å². The van der Waals surface area contributed by atoms with Crippen LogP contribution in [0.15, 0.2) is 0 Å². The summed E-state index contributed by atoms with van der Waals surface area (Å²) in [5, 5.41) is 0. The fraction of sp³-hybridized carbons (Fsp3) is 1.00. The first-order valence-electron chi connectivity index (χ1n) is 6.82. The SMILES string of the molecule is C1CCN(C2CCC2)CC1.CC(C)C.C[At]. The van der Waals surface area contributed by atoms with Crippen LogP contribution >= 0.6 is 0 Å². The van der Waals surface area contributed by atoms with Gasteiger partial charge in [0.2, 0.25) is 0 Å². The Labute approximate surface area is 118 Å².